The van der Waals surface area contributed by atoms with E-state index in [0.29, 0.717) is 6.42 Å². The Morgan fingerprint density at radius 2 is 1.77 bits per heavy atom. The first-order valence-corrected chi connectivity index (χ1v) is 9.91. The predicted octanol–water partition coefficient (Wildman–Crippen LogP) is 2.98. The molecule has 0 saturated heterocycles. The van der Waals surface area contributed by atoms with Crippen LogP contribution < -0.4 is 4.72 Å². The number of alkyl halides is 1. The number of hydrogen-bond acceptors (Lipinski definition) is 3. The molecule has 0 aliphatic carbocycles. The predicted molar refractivity (Wildman–Crippen MR) is 88.3 cm³/mol. The van der Waals surface area contributed by atoms with Crippen molar-refractivity contribution in [3.05, 3.63) is 30.3 Å². The molecule has 3 atom stereocenters. The van der Waals surface area contributed by atoms with Crippen LogP contribution in [0.4, 0.5) is 4.39 Å². The molecule has 1 aromatic carbocycles. The fraction of sp³-hybridized carbons (Fsp3) is 0.600. The second-order valence-corrected chi connectivity index (χ2v) is 10.1. The van der Waals surface area contributed by atoms with Crippen molar-refractivity contribution in [2.75, 3.05) is 0 Å². The SMILES string of the molecule is CCC[C@H](N[S@](=O)C(C)(C)C)[C@H](F)S(=O)(=O)c1ccccc1. The zero-order chi connectivity index (χ0) is 17.0. The summed E-state index contributed by atoms with van der Waals surface area (Å²) < 4.78 is 53.6. The highest BCUT2D eigenvalue weighted by Gasteiger charge is 2.36. The lowest BCUT2D eigenvalue weighted by Gasteiger charge is -2.26. The minimum atomic E-state index is -4.12. The zero-order valence-corrected chi connectivity index (χ0v) is 15.0. The highest BCUT2D eigenvalue weighted by atomic mass is 32.2. The summed E-state index contributed by atoms with van der Waals surface area (Å²) in [6.07, 6.45) is 0.874. The molecular weight excluding hydrogens is 325 g/mol. The van der Waals surface area contributed by atoms with Crippen LogP contribution in [0.2, 0.25) is 0 Å². The van der Waals surface area contributed by atoms with Crippen LogP contribution in [0.25, 0.3) is 0 Å². The van der Waals surface area contributed by atoms with Gasteiger partial charge in [-0.15, -0.1) is 0 Å². The fourth-order valence-corrected chi connectivity index (χ4v) is 4.21. The molecule has 0 unspecified atom stereocenters. The van der Waals surface area contributed by atoms with Gasteiger partial charge in [0.15, 0.2) is 0 Å². The molecule has 0 aromatic heterocycles. The standard InChI is InChI=1S/C15H24FNO3S2/c1-5-9-13(17-21(18)15(2,3)4)14(16)22(19,20)12-10-7-6-8-11-12/h6-8,10-11,13-14,17H,5,9H2,1-4H3/t13-,14+,21+/m0/s1. The Morgan fingerprint density at radius 1 is 1.23 bits per heavy atom. The number of nitrogens with one attached hydrogen (secondary N) is 1. The Balaban J connectivity index is 3.03. The van der Waals surface area contributed by atoms with Gasteiger partial charge in [0, 0.05) is 0 Å². The summed E-state index contributed by atoms with van der Waals surface area (Å²) in [5.41, 5.74) is -2.14. The van der Waals surface area contributed by atoms with Gasteiger partial charge in [-0.25, -0.2) is 21.7 Å². The molecule has 0 saturated carbocycles. The van der Waals surface area contributed by atoms with Crippen LogP contribution in [0.3, 0.4) is 0 Å². The first kappa shape index (κ1) is 19.3. The van der Waals surface area contributed by atoms with Gasteiger partial charge in [0.1, 0.15) is 0 Å². The second kappa shape index (κ2) is 7.66. The lowest BCUT2D eigenvalue weighted by atomic mass is 10.2. The molecule has 7 heteroatoms. The minimum absolute atomic E-state index is 0.0630. The first-order chi connectivity index (χ1) is 10.1. The van der Waals surface area contributed by atoms with Crippen LogP contribution in [0.15, 0.2) is 35.2 Å². The molecule has 0 amide bonds. The smallest absolute Gasteiger partial charge is 0.221 e. The Kier molecular flexibility index (Phi) is 6.70. The maximum absolute atomic E-state index is 14.7. The van der Waals surface area contributed by atoms with E-state index in [1.54, 1.807) is 39.0 Å². The van der Waals surface area contributed by atoms with Crippen LogP contribution in [0.5, 0.6) is 0 Å². The minimum Gasteiger partial charge on any atom is -0.242 e. The van der Waals surface area contributed by atoms with Crippen LogP contribution in [-0.4, -0.2) is 28.9 Å². The van der Waals surface area contributed by atoms with Gasteiger partial charge in [0.2, 0.25) is 15.3 Å². The molecule has 1 N–H and O–H groups in total. The number of rotatable bonds is 7. The van der Waals surface area contributed by atoms with E-state index in [1.165, 1.54) is 12.1 Å². The van der Waals surface area contributed by atoms with E-state index in [2.05, 4.69) is 4.72 Å². The Morgan fingerprint density at radius 3 is 2.23 bits per heavy atom. The molecule has 22 heavy (non-hydrogen) atoms. The molecular formula is C15H24FNO3S2. The van der Waals surface area contributed by atoms with Gasteiger partial charge >= 0.3 is 0 Å². The topological polar surface area (TPSA) is 63.2 Å². The Labute approximate surface area is 135 Å². The largest absolute Gasteiger partial charge is 0.242 e. The molecule has 0 radical (unpaired) electrons. The first-order valence-electron chi connectivity index (χ1n) is 7.21. The summed E-state index contributed by atoms with van der Waals surface area (Å²) in [5.74, 6) is 0. The summed E-state index contributed by atoms with van der Waals surface area (Å²) in [6, 6.07) is 6.50. The lowest BCUT2D eigenvalue weighted by molar-refractivity contribution is 0.335. The Bertz CT molecular complexity index is 597. The van der Waals surface area contributed by atoms with Gasteiger partial charge in [0.05, 0.1) is 26.7 Å². The summed E-state index contributed by atoms with van der Waals surface area (Å²) in [4.78, 5) is -0.0630. The van der Waals surface area contributed by atoms with Gasteiger partial charge in [-0.3, -0.25) is 0 Å². The monoisotopic (exact) mass is 349 g/mol. The number of sulfone groups is 1. The fourth-order valence-electron chi connectivity index (χ4n) is 1.83. The third-order valence-corrected chi connectivity index (χ3v) is 6.58. The zero-order valence-electron chi connectivity index (χ0n) is 13.4. The van der Waals surface area contributed by atoms with Crippen molar-refractivity contribution in [1.29, 1.82) is 0 Å². The lowest BCUT2D eigenvalue weighted by Crippen LogP contribution is -2.46. The average molecular weight is 349 g/mol. The molecule has 0 heterocycles. The highest BCUT2D eigenvalue weighted by Crippen LogP contribution is 2.23. The summed E-state index contributed by atoms with van der Waals surface area (Å²) in [6.45, 7) is 7.07. The number of hydrogen-bond donors (Lipinski definition) is 1. The molecule has 126 valence electrons. The molecule has 0 bridgehead atoms. The summed E-state index contributed by atoms with van der Waals surface area (Å²) in [7, 11) is -5.65. The highest BCUT2D eigenvalue weighted by molar-refractivity contribution is 7.92. The van der Waals surface area contributed by atoms with Gasteiger partial charge < -0.3 is 0 Å². The van der Waals surface area contributed by atoms with Crippen LogP contribution in [0, 0.1) is 0 Å². The molecule has 4 nitrogen and oxygen atoms in total. The van der Waals surface area contributed by atoms with E-state index in [9.17, 15) is 17.0 Å². The molecule has 0 aliphatic rings. The van der Waals surface area contributed by atoms with Gasteiger partial charge in [-0.1, -0.05) is 31.5 Å². The number of halogens is 1. The van der Waals surface area contributed by atoms with E-state index in [1.807, 2.05) is 6.92 Å². The number of benzene rings is 1. The summed E-state index contributed by atoms with van der Waals surface area (Å²) >= 11 is 0. The van der Waals surface area contributed by atoms with Crippen LogP contribution >= 0.6 is 0 Å². The van der Waals surface area contributed by atoms with Crippen molar-refractivity contribution in [3.63, 3.8) is 0 Å². The van der Waals surface area contributed by atoms with Crippen molar-refractivity contribution in [2.24, 2.45) is 0 Å². The van der Waals surface area contributed by atoms with E-state index in [4.69, 9.17) is 0 Å². The third-order valence-electron chi connectivity index (χ3n) is 3.10. The van der Waals surface area contributed by atoms with E-state index < -0.39 is 37.1 Å². The normalized spacial score (nSPS) is 17.0. The van der Waals surface area contributed by atoms with E-state index >= 15 is 0 Å². The maximum Gasteiger partial charge on any atom is 0.221 e. The van der Waals surface area contributed by atoms with Crippen LogP contribution in [-0.2, 0) is 20.8 Å². The Hall–Kier alpha value is -0.790. The third kappa shape index (κ3) is 4.86. The van der Waals surface area contributed by atoms with Gasteiger partial charge in [-0.2, -0.15) is 0 Å². The summed E-state index contributed by atoms with van der Waals surface area (Å²) in [5, 5.41) is 0. The van der Waals surface area contributed by atoms with Crippen molar-refractivity contribution in [3.8, 4) is 0 Å². The molecule has 0 spiro atoms. The van der Waals surface area contributed by atoms with Gasteiger partial charge in [-0.05, 0) is 39.3 Å². The van der Waals surface area contributed by atoms with Gasteiger partial charge in [0.25, 0.3) is 0 Å². The average Bonchev–Trinajstić information content (AvgIpc) is 2.45. The van der Waals surface area contributed by atoms with Crippen LogP contribution in [0.1, 0.15) is 40.5 Å². The second-order valence-electron chi connectivity index (χ2n) is 6.10. The molecule has 0 aliphatic heterocycles. The van der Waals surface area contributed by atoms with Crippen molar-refractivity contribution in [1.82, 2.24) is 4.72 Å². The maximum atomic E-state index is 14.7. The van der Waals surface area contributed by atoms with Crippen molar-refractivity contribution >= 4 is 20.8 Å². The quantitative estimate of drug-likeness (QED) is 0.823. The van der Waals surface area contributed by atoms with Crippen molar-refractivity contribution in [2.45, 2.75) is 61.7 Å². The van der Waals surface area contributed by atoms with E-state index in [-0.39, 0.29) is 11.3 Å². The van der Waals surface area contributed by atoms with E-state index in [0.717, 1.165) is 0 Å². The molecule has 1 aromatic rings. The molecule has 0 fully saturated rings. The molecule has 1 rings (SSSR count). The van der Waals surface area contributed by atoms with Crippen molar-refractivity contribution < 1.29 is 17.0 Å².